The number of hydrogen-bond acceptors (Lipinski definition) is 3. The van der Waals surface area contributed by atoms with Gasteiger partial charge in [0.15, 0.2) is 0 Å². The number of nitrogens with one attached hydrogen (secondary N) is 2. The van der Waals surface area contributed by atoms with Gasteiger partial charge in [-0.05, 0) is 18.6 Å². The molecule has 1 amide bonds. The van der Waals surface area contributed by atoms with Crippen molar-refractivity contribution in [2.45, 2.75) is 25.4 Å². The summed E-state index contributed by atoms with van der Waals surface area (Å²) in [5.41, 5.74) is 4.90. The van der Waals surface area contributed by atoms with Crippen molar-refractivity contribution in [3.8, 4) is 11.1 Å². The van der Waals surface area contributed by atoms with Crippen LogP contribution in [0.4, 0.5) is 11.4 Å². The summed E-state index contributed by atoms with van der Waals surface area (Å²) in [6.45, 7) is 5.97. The Morgan fingerprint density at radius 3 is 2.81 bits per heavy atom. The zero-order chi connectivity index (χ0) is 18.8. The molecule has 1 aliphatic rings. The van der Waals surface area contributed by atoms with Gasteiger partial charge in [-0.15, -0.1) is 6.58 Å². The van der Waals surface area contributed by atoms with Gasteiger partial charge in [0.1, 0.15) is 0 Å². The maximum atomic E-state index is 12.1. The van der Waals surface area contributed by atoms with Crippen LogP contribution in [0.3, 0.4) is 0 Å². The van der Waals surface area contributed by atoms with E-state index in [1.807, 2.05) is 53.5 Å². The summed E-state index contributed by atoms with van der Waals surface area (Å²) >= 11 is 0. The van der Waals surface area contributed by atoms with E-state index < -0.39 is 0 Å². The molecule has 1 aliphatic heterocycles. The molecule has 0 spiro atoms. The summed E-state index contributed by atoms with van der Waals surface area (Å²) in [6.07, 6.45) is 6.05. The first-order chi connectivity index (χ1) is 13.2. The maximum Gasteiger partial charge on any atom is 0.226 e. The molecule has 0 saturated carbocycles. The fourth-order valence-electron chi connectivity index (χ4n) is 3.41. The number of para-hydroxylation sites is 1. The van der Waals surface area contributed by atoms with Crippen molar-refractivity contribution < 1.29 is 4.79 Å². The van der Waals surface area contributed by atoms with Crippen LogP contribution < -0.4 is 10.6 Å². The minimum atomic E-state index is -0.106. The molecule has 5 heteroatoms. The minimum Gasteiger partial charge on any atom is -0.376 e. The highest BCUT2D eigenvalue weighted by Crippen LogP contribution is 2.37. The standard InChI is InChI=1S/C22H22N4O/c1-3-18-12-21(27)25-20-11-7-10-19(22(20)24-18)17-13-23-26(14-17)15(2)16-8-5-4-6-9-16/h3-11,13-15,18,24H,1,12H2,2H3,(H,25,27)/t15?,18-/m1/s1. The molecule has 4 rings (SSSR count). The third-order valence-corrected chi connectivity index (χ3v) is 4.95. The smallest absolute Gasteiger partial charge is 0.226 e. The lowest BCUT2D eigenvalue weighted by molar-refractivity contribution is -0.116. The van der Waals surface area contributed by atoms with E-state index >= 15 is 0 Å². The van der Waals surface area contributed by atoms with E-state index in [4.69, 9.17) is 0 Å². The van der Waals surface area contributed by atoms with Crippen LogP contribution in [0.1, 0.15) is 24.9 Å². The summed E-state index contributed by atoms with van der Waals surface area (Å²) in [5, 5.41) is 11.0. The van der Waals surface area contributed by atoms with Crippen LogP contribution in [0.5, 0.6) is 0 Å². The monoisotopic (exact) mass is 358 g/mol. The summed E-state index contributed by atoms with van der Waals surface area (Å²) < 4.78 is 1.96. The molecule has 0 radical (unpaired) electrons. The first-order valence-corrected chi connectivity index (χ1v) is 9.07. The lowest BCUT2D eigenvalue weighted by Crippen LogP contribution is -2.20. The zero-order valence-electron chi connectivity index (χ0n) is 15.2. The van der Waals surface area contributed by atoms with Crippen molar-refractivity contribution in [1.82, 2.24) is 9.78 Å². The number of carbonyl (C=O) groups is 1. The fraction of sp³-hybridized carbons (Fsp3) is 0.182. The number of carbonyl (C=O) groups excluding carboxylic acids is 1. The predicted octanol–water partition coefficient (Wildman–Crippen LogP) is 4.47. The molecular formula is C22H22N4O. The summed E-state index contributed by atoms with van der Waals surface area (Å²) in [6, 6.07) is 16.2. The Balaban J connectivity index is 1.71. The largest absolute Gasteiger partial charge is 0.376 e. The highest BCUT2D eigenvalue weighted by molar-refractivity contribution is 6.00. The number of aromatic nitrogens is 2. The van der Waals surface area contributed by atoms with Gasteiger partial charge in [-0.3, -0.25) is 9.48 Å². The Kier molecular flexibility index (Phi) is 4.50. The number of rotatable bonds is 4. The normalized spacial score (nSPS) is 17.2. The molecule has 0 saturated heterocycles. The second kappa shape index (κ2) is 7.11. The maximum absolute atomic E-state index is 12.1. The van der Waals surface area contributed by atoms with Gasteiger partial charge >= 0.3 is 0 Å². The molecular weight excluding hydrogens is 336 g/mol. The van der Waals surface area contributed by atoms with Gasteiger partial charge < -0.3 is 10.6 Å². The van der Waals surface area contributed by atoms with Crippen molar-refractivity contribution in [3.05, 3.63) is 79.1 Å². The van der Waals surface area contributed by atoms with E-state index in [1.165, 1.54) is 5.56 Å². The van der Waals surface area contributed by atoms with Crippen molar-refractivity contribution in [1.29, 1.82) is 0 Å². The third-order valence-electron chi connectivity index (χ3n) is 4.95. The average Bonchev–Trinajstić information content (AvgIpc) is 3.11. The summed E-state index contributed by atoms with van der Waals surface area (Å²) in [7, 11) is 0. The highest BCUT2D eigenvalue weighted by Gasteiger charge is 2.22. The van der Waals surface area contributed by atoms with E-state index in [1.54, 1.807) is 6.08 Å². The number of anilines is 2. The third kappa shape index (κ3) is 3.36. The van der Waals surface area contributed by atoms with Crippen molar-refractivity contribution >= 4 is 17.3 Å². The minimum absolute atomic E-state index is 0.0169. The molecule has 2 atom stereocenters. The van der Waals surface area contributed by atoms with Crippen molar-refractivity contribution in [2.75, 3.05) is 10.6 Å². The second-order valence-corrected chi connectivity index (χ2v) is 6.76. The van der Waals surface area contributed by atoms with E-state index in [2.05, 4.69) is 41.4 Å². The first kappa shape index (κ1) is 17.1. The SMILES string of the molecule is C=C[C@@H]1CC(=O)Nc2cccc(-c3cnn(C(C)c4ccccc4)c3)c2N1. The van der Waals surface area contributed by atoms with E-state index in [-0.39, 0.29) is 18.0 Å². The summed E-state index contributed by atoms with van der Waals surface area (Å²) in [5.74, 6) is -0.0169. The van der Waals surface area contributed by atoms with Crippen LogP contribution in [0.2, 0.25) is 0 Å². The van der Waals surface area contributed by atoms with Gasteiger partial charge in [0.05, 0.1) is 36.1 Å². The van der Waals surface area contributed by atoms with E-state index in [0.717, 1.165) is 22.5 Å². The molecule has 1 unspecified atom stereocenters. The molecule has 0 fully saturated rings. The zero-order valence-corrected chi connectivity index (χ0v) is 15.2. The molecule has 0 bridgehead atoms. The highest BCUT2D eigenvalue weighted by atomic mass is 16.1. The molecule has 2 aromatic carbocycles. The lowest BCUT2D eigenvalue weighted by Gasteiger charge is -2.16. The van der Waals surface area contributed by atoms with Crippen molar-refractivity contribution in [2.24, 2.45) is 0 Å². The average molecular weight is 358 g/mol. The first-order valence-electron chi connectivity index (χ1n) is 9.07. The van der Waals surface area contributed by atoms with Crippen LogP contribution in [0.25, 0.3) is 11.1 Å². The number of benzene rings is 2. The quantitative estimate of drug-likeness (QED) is 0.677. The molecule has 136 valence electrons. The van der Waals surface area contributed by atoms with Crippen LogP contribution in [0.15, 0.2) is 73.6 Å². The van der Waals surface area contributed by atoms with Crippen molar-refractivity contribution in [3.63, 3.8) is 0 Å². The Hall–Kier alpha value is -3.34. The molecule has 2 N–H and O–H groups in total. The van der Waals surface area contributed by atoms with Gasteiger partial charge in [0, 0.05) is 17.3 Å². The van der Waals surface area contributed by atoms with Crippen LogP contribution in [-0.4, -0.2) is 21.7 Å². The number of nitrogens with zero attached hydrogens (tertiary/aromatic N) is 2. The van der Waals surface area contributed by atoms with Gasteiger partial charge in [0.2, 0.25) is 5.91 Å². The number of fused-ring (bicyclic) bond motifs is 1. The molecule has 1 aromatic heterocycles. The second-order valence-electron chi connectivity index (χ2n) is 6.76. The lowest BCUT2D eigenvalue weighted by atomic mass is 10.0. The molecule has 3 aromatic rings. The number of hydrogen-bond donors (Lipinski definition) is 2. The fourth-order valence-corrected chi connectivity index (χ4v) is 3.41. The van der Waals surface area contributed by atoms with Gasteiger partial charge in [-0.2, -0.15) is 5.10 Å². The van der Waals surface area contributed by atoms with Gasteiger partial charge in [-0.25, -0.2) is 0 Å². The molecule has 27 heavy (non-hydrogen) atoms. The Morgan fingerprint density at radius 1 is 1.22 bits per heavy atom. The van der Waals surface area contributed by atoms with Crippen LogP contribution in [0, 0.1) is 0 Å². The summed E-state index contributed by atoms with van der Waals surface area (Å²) in [4.78, 5) is 12.1. The van der Waals surface area contributed by atoms with Crippen LogP contribution in [-0.2, 0) is 4.79 Å². The number of amides is 1. The van der Waals surface area contributed by atoms with Gasteiger partial charge in [-0.1, -0.05) is 48.5 Å². The molecule has 5 nitrogen and oxygen atoms in total. The topological polar surface area (TPSA) is 59.0 Å². The predicted molar refractivity (Wildman–Crippen MR) is 109 cm³/mol. The Bertz CT molecular complexity index is 977. The van der Waals surface area contributed by atoms with Crippen LogP contribution >= 0.6 is 0 Å². The molecule has 0 aliphatic carbocycles. The Labute approximate surface area is 158 Å². The molecule has 2 heterocycles. The van der Waals surface area contributed by atoms with E-state index in [9.17, 15) is 4.79 Å². The van der Waals surface area contributed by atoms with E-state index in [0.29, 0.717) is 6.42 Å². The van der Waals surface area contributed by atoms with Gasteiger partial charge in [0.25, 0.3) is 0 Å². The Morgan fingerprint density at radius 2 is 2.04 bits per heavy atom.